The normalized spacial score (nSPS) is 14.8. The minimum absolute atomic E-state index is 0.868. The molecule has 0 unspecified atom stereocenters. The van der Waals surface area contributed by atoms with Crippen LogP contribution >= 0.6 is 0 Å². The number of fused-ring (bicyclic) bond motifs is 1. The monoisotopic (exact) mass is 133 g/mol. The van der Waals surface area contributed by atoms with E-state index in [1.54, 1.807) is 12.4 Å². The Morgan fingerprint density at radius 1 is 1.50 bits per heavy atom. The molecule has 0 atom stereocenters. The summed E-state index contributed by atoms with van der Waals surface area (Å²) in [6.07, 6.45) is 8.12. The Morgan fingerprint density at radius 2 is 2.50 bits per heavy atom. The largest absolute Gasteiger partial charge is 0.267 e. The average molecular weight is 133 g/mol. The minimum Gasteiger partial charge on any atom is -0.267 e. The molecule has 0 N–H and O–H groups in total. The molecule has 1 aromatic heterocycles. The number of aromatic nitrogens is 2. The first-order valence-corrected chi connectivity index (χ1v) is 3.17. The van der Waals surface area contributed by atoms with Crippen molar-refractivity contribution in [3.63, 3.8) is 0 Å². The lowest BCUT2D eigenvalue weighted by atomic mass is 10.3. The van der Waals surface area contributed by atoms with Gasteiger partial charge in [0.1, 0.15) is 0 Å². The van der Waals surface area contributed by atoms with E-state index in [-0.39, 0.29) is 0 Å². The van der Waals surface area contributed by atoms with E-state index >= 15 is 0 Å². The summed E-state index contributed by atoms with van der Waals surface area (Å²) in [5.74, 6) is 0. The number of aliphatic imine (C=N–C) groups is 1. The lowest BCUT2D eigenvalue weighted by molar-refractivity contribution is 0.888. The summed E-state index contributed by atoms with van der Waals surface area (Å²) >= 11 is 0. The predicted molar refractivity (Wildman–Crippen MR) is 39.8 cm³/mol. The van der Waals surface area contributed by atoms with Crippen LogP contribution < -0.4 is 0 Å². The number of hydrogen-bond donors (Lipinski definition) is 0. The van der Waals surface area contributed by atoms with Gasteiger partial charge in [-0.1, -0.05) is 0 Å². The third-order valence-electron chi connectivity index (χ3n) is 1.45. The van der Waals surface area contributed by atoms with E-state index in [2.05, 4.69) is 10.1 Å². The third kappa shape index (κ3) is 0.757. The fourth-order valence-electron chi connectivity index (χ4n) is 0.946. The van der Waals surface area contributed by atoms with Gasteiger partial charge in [0.25, 0.3) is 0 Å². The van der Waals surface area contributed by atoms with Crippen molar-refractivity contribution in [3.8, 4) is 0 Å². The summed E-state index contributed by atoms with van der Waals surface area (Å²) in [6, 6.07) is 1.99. The van der Waals surface area contributed by atoms with Gasteiger partial charge in [-0.3, -0.25) is 4.99 Å². The van der Waals surface area contributed by atoms with E-state index < -0.39 is 0 Å². The average Bonchev–Trinajstić information content (AvgIpc) is 2.28. The SMILES string of the molecule is C1=Cn2nccc2CC=N1. The zero-order chi connectivity index (χ0) is 6.81. The van der Waals surface area contributed by atoms with Gasteiger partial charge < -0.3 is 0 Å². The van der Waals surface area contributed by atoms with Gasteiger partial charge >= 0.3 is 0 Å². The molecule has 0 fully saturated rings. The van der Waals surface area contributed by atoms with Crippen LogP contribution in [0.25, 0.3) is 6.20 Å². The molecule has 1 aliphatic heterocycles. The number of nitrogens with zero attached hydrogens (tertiary/aromatic N) is 3. The van der Waals surface area contributed by atoms with Gasteiger partial charge in [0.2, 0.25) is 0 Å². The van der Waals surface area contributed by atoms with Crippen LogP contribution in [0.5, 0.6) is 0 Å². The fraction of sp³-hybridized carbons (Fsp3) is 0.143. The van der Waals surface area contributed by atoms with Crippen molar-refractivity contribution in [1.29, 1.82) is 0 Å². The van der Waals surface area contributed by atoms with Crippen LogP contribution in [0.3, 0.4) is 0 Å². The molecular weight excluding hydrogens is 126 g/mol. The molecule has 10 heavy (non-hydrogen) atoms. The second-order valence-electron chi connectivity index (χ2n) is 2.10. The van der Waals surface area contributed by atoms with Crippen LogP contribution in [-0.4, -0.2) is 16.0 Å². The first kappa shape index (κ1) is 5.41. The molecule has 1 aliphatic rings. The van der Waals surface area contributed by atoms with Crippen LogP contribution in [0.2, 0.25) is 0 Å². The molecule has 0 saturated heterocycles. The van der Waals surface area contributed by atoms with Crippen molar-refractivity contribution in [2.45, 2.75) is 6.42 Å². The predicted octanol–water partition coefficient (Wildman–Crippen LogP) is 0.938. The molecule has 2 heterocycles. The van der Waals surface area contributed by atoms with E-state index in [9.17, 15) is 0 Å². The Labute approximate surface area is 58.7 Å². The van der Waals surface area contributed by atoms with E-state index in [0.717, 1.165) is 6.42 Å². The summed E-state index contributed by atoms with van der Waals surface area (Å²) < 4.78 is 1.83. The molecule has 0 saturated carbocycles. The van der Waals surface area contributed by atoms with E-state index in [1.807, 2.05) is 23.2 Å². The van der Waals surface area contributed by atoms with Crippen molar-refractivity contribution in [1.82, 2.24) is 9.78 Å². The molecular formula is C7H7N3. The molecule has 0 aliphatic carbocycles. The maximum atomic E-state index is 4.07. The Bertz CT molecular complexity index is 283. The highest BCUT2D eigenvalue weighted by Crippen LogP contribution is 2.01. The van der Waals surface area contributed by atoms with Crippen molar-refractivity contribution < 1.29 is 0 Å². The molecule has 0 amide bonds. The van der Waals surface area contributed by atoms with Crippen LogP contribution in [0.15, 0.2) is 23.5 Å². The van der Waals surface area contributed by atoms with Crippen molar-refractivity contribution in [3.05, 3.63) is 24.2 Å². The summed E-state index contributed by atoms with van der Waals surface area (Å²) in [4.78, 5) is 3.99. The van der Waals surface area contributed by atoms with E-state index in [0.29, 0.717) is 0 Å². The molecule has 3 heteroatoms. The van der Waals surface area contributed by atoms with Crippen LogP contribution in [-0.2, 0) is 6.42 Å². The summed E-state index contributed by atoms with van der Waals surface area (Å²) in [5.41, 5.74) is 1.18. The number of hydrogen-bond acceptors (Lipinski definition) is 2. The zero-order valence-corrected chi connectivity index (χ0v) is 5.44. The first-order chi connectivity index (χ1) is 4.97. The third-order valence-corrected chi connectivity index (χ3v) is 1.45. The van der Waals surface area contributed by atoms with E-state index in [4.69, 9.17) is 0 Å². The van der Waals surface area contributed by atoms with Gasteiger partial charge in [0.15, 0.2) is 0 Å². The standard InChI is InChI=1S/C7H7N3/c1-3-8-5-6-10-7(1)2-4-9-10/h2-6H,1H2. The Balaban J connectivity index is 2.50. The second-order valence-corrected chi connectivity index (χ2v) is 2.10. The fourth-order valence-corrected chi connectivity index (χ4v) is 0.946. The van der Waals surface area contributed by atoms with Gasteiger partial charge in [-0.15, -0.1) is 0 Å². The van der Waals surface area contributed by atoms with Crippen molar-refractivity contribution >= 4 is 12.4 Å². The van der Waals surface area contributed by atoms with Crippen LogP contribution in [0, 0.1) is 0 Å². The van der Waals surface area contributed by atoms with Gasteiger partial charge in [0.05, 0.1) is 0 Å². The molecule has 3 nitrogen and oxygen atoms in total. The Hall–Kier alpha value is -1.38. The molecule has 2 rings (SSSR count). The van der Waals surface area contributed by atoms with Crippen LogP contribution in [0.4, 0.5) is 0 Å². The second kappa shape index (κ2) is 2.10. The van der Waals surface area contributed by atoms with Gasteiger partial charge in [-0.2, -0.15) is 5.10 Å². The van der Waals surface area contributed by atoms with Crippen molar-refractivity contribution in [2.24, 2.45) is 4.99 Å². The molecule has 1 aromatic rings. The van der Waals surface area contributed by atoms with Crippen molar-refractivity contribution in [2.75, 3.05) is 0 Å². The van der Waals surface area contributed by atoms with Gasteiger partial charge in [0, 0.05) is 36.9 Å². The molecule has 0 aromatic carbocycles. The lowest BCUT2D eigenvalue weighted by Crippen LogP contribution is -1.94. The number of rotatable bonds is 0. The van der Waals surface area contributed by atoms with Gasteiger partial charge in [-0.05, 0) is 6.07 Å². The van der Waals surface area contributed by atoms with Gasteiger partial charge in [-0.25, -0.2) is 4.68 Å². The molecule has 50 valence electrons. The smallest absolute Gasteiger partial charge is 0.0496 e. The Morgan fingerprint density at radius 3 is 3.50 bits per heavy atom. The topological polar surface area (TPSA) is 30.2 Å². The van der Waals surface area contributed by atoms with E-state index in [1.165, 1.54) is 5.69 Å². The molecule has 0 bridgehead atoms. The quantitative estimate of drug-likeness (QED) is 0.518. The Kier molecular flexibility index (Phi) is 1.13. The summed E-state index contributed by atoms with van der Waals surface area (Å²) in [6.45, 7) is 0. The maximum Gasteiger partial charge on any atom is 0.0496 e. The van der Waals surface area contributed by atoms with Crippen LogP contribution in [0.1, 0.15) is 5.69 Å². The zero-order valence-electron chi connectivity index (χ0n) is 5.44. The lowest BCUT2D eigenvalue weighted by Gasteiger charge is -1.93. The molecule has 0 radical (unpaired) electrons. The molecule has 0 spiro atoms. The minimum atomic E-state index is 0.868. The highest BCUT2D eigenvalue weighted by molar-refractivity contribution is 5.63. The highest BCUT2D eigenvalue weighted by atomic mass is 15.3. The highest BCUT2D eigenvalue weighted by Gasteiger charge is 1.97. The summed E-state index contributed by atoms with van der Waals surface area (Å²) in [7, 11) is 0. The maximum absolute atomic E-state index is 4.07. The summed E-state index contributed by atoms with van der Waals surface area (Å²) in [5, 5.41) is 4.07. The first-order valence-electron chi connectivity index (χ1n) is 3.17.